The van der Waals surface area contributed by atoms with E-state index in [2.05, 4.69) is 57.1 Å². The lowest BCUT2D eigenvalue weighted by atomic mass is 10.2. The van der Waals surface area contributed by atoms with E-state index in [9.17, 15) is 0 Å². The van der Waals surface area contributed by atoms with Crippen LogP contribution in [0.15, 0.2) is 55.2 Å². The predicted molar refractivity (Wildman–Crippen MR) is 111 cm³/mol. The minimum Gasteiger partial charge on any atom is -0.329 e. The summed E-state index contributed by atoms with van der Waals surface area (Å²) in [5.74, 6) is 0. The van der Waals surface area contributed by atoms with E-state index in [1.165, 1.54) is 31.2 Å². The molecule has 0 saturated heterocycles. The molecule has 2 aromatic heterocycles. The first-order valence-electron chi connectivity index (χ1n) is 9.57. The highest BCUT2D eigenvalue weighted by Crippen LogP contribution is 2.23. The van der Waals surface area contributed by atoms with Gasteiger partial charge in [0.15, 0.2) is 0 Å². The van der Waals surface area contributed by atoms with E-state index in [1.54, 1.807) is 0 Å². The van der Waals surface area contributed by atoms with Gasteiger partial charge < -0.3 is 9.47 Å². The summed E-state index contributed by atoms with van der Waals surface area (Å²) in [6.45, 7) is 2.82. The van der Waals surface area contributed by atoms with E-state index in [-0.39, 0.29) is 12.4 Å². The molecule has 0 unspecified atom stereocenters. The van der Waals surface area contributed by atoms with Crippen LogP contribution in [0.5, 0.6) is 0 Å². The Bertz CT molecular complexity index is 820. The zero-order valence-corrected chi connectivity index (χ0v) is 16.7. The van der Waals surface area contributed by atoms with E-state index in [0.717, 1.165) is 36.9 Å². The van der Waals surface area contributed by atoms with Gasteiger partial charge in [0.1, 0.15) is 0 Å². The number of likely N-dealkylation sites (N-methyl/N-ethyl adjacent to an activating group) is 1. The summed E-state index contributed by atoms with van der Waals surface area (Å²) in [5.41, 5.74) is 3.53. The van der Waals surface area contributed by atoms with E-state index < -0.39 is 0 Å². The molecule has 144 valence electrons. The Morgan fingerprint density at radius 3 is 2.67 bits per heavy atom. The number of hydrogen-bond donors (Lipinski definition) is 0. The monoisotopic (exact) mass is 385 g/mol. The van der Waals surface area contributed by atoms with Crippen molar-refractivity contribution in [2.45, 2.75) is 44.8 Å². The summed E-state index contributed by atoms with van der Waals surface area (Å²) in [6, 6.07) is 11.2. The fourth-order valence-electron chi connectivity index (χ4n) is 3.89. The van der Waals surface area contributed by atoms with Crippen LogP contribution in [-0.2, 0) is 13.1 Å². The number of hydrogen-bond acceptors (Lipinski definition) is 3. The maximum atomic E-state index is 4.53. The van der Waals surface area contributed by atoms with Crippen LogP contribution in [0.3, 0.4) is 0 Å². The summed E-state index contributed by atoms with van der Waals surface area (Å²) < 4.78 is 4.24. The number of benzene rings is 1. The van der Waals surface area contributed by atoms with Crippen molar-refractivity contribution in [2.75, 3.05) is 13.6 Å². The Morgan fingerprint density at radius 1 is 1.11 bits per heavy atom. The van der Waals surface area contributed by atoms with Crippen LogP contribution < -0.4 is 0 Å². The van der Waals surface area contributed by atoms with Gasteiger partial charge in [-0.3, -0.25) is 4.68 Å². The second-order valence-electron chi connectivity index (χ2n) is 7.30. The lowest BCUT2D eigenvalue weighted by Gasteiger charge is -2.24. The molecule has 1 aliphatic rings. The third-order valence-electron chi connectivity index (χ3n) is 5.47. The average Bonchev–Trinajstić information content (AvgIpc) is 3.41. The summed E-state index contributed by atoms with van der Waals surface area (Å²) in [7, 11) is 2.25. The van der Waals surface area contributed by atoms with Gasteiger partial charge in [0.05, 0.1) is 31.0 Å². The minimum absolute atomic E-state index is 0. The van der Waals surface area contributed by atoms with Gasteiger partial charge in [-0.25, -0.2) is 4.98 Å². The number of halogens is 1. The molecule has 2 heterocycles. The van der Waals surface area contributed by atoms with Crippen LogP contribution in [0.1, 0.15) is 31.2 Å². The number of rotatable bonds is 7. The van der Waals surface area contributed by atoms with E-state index in [4.69, 9.17) is 0 Å². The highest BCUT2D eigenvalue weighted by atomic mass is 35.5. The van der Waals surface area contributed by atoms with Gasteiger partial charge in [0.25, 0.3) is 0 Å². The molecule has 1 fully saturated rings. The topological polar surface area (TPSA) is 38.9 Å². The molecule has 0 aliphatic heterocycles. The Morgan fingerprint density at radius 2 is 1.89 bits per heavy atom. The van der Waals surface area contributed by atoms with Crippen LogP contribution in [0, 0.1) is 0 Å². The first-order chi connectivity index (χ1) is 12.8. The van der Waals surface area contributed by atoms with Crippen LogP contribution >= 0.6 is 12.4 Å². The largest absolute Gasteiger partial charge is 0.329 e. The van der Waals surface area contributed by atoms with Crippen molar-refractivity contribution < 1.29 is 0 Å². The first kappa shape index (κ1) is 19.6. The average molecular weight is 386 g/mol. The third-order valence-corrected chi connectivity index (χ3v) is 5.47. The zero-order chi connectivity index (χ0) is 17.8. The highest BCUT2D eigenvalue weighted by Gasteiger charge is 2.19. The molecule has 4 rings (SSSR count). The van der Waals surface area contributed by atoms with Gasteiger partial charge in [-0.05, 0) is 25.5 Å². The van der Waals surface area contributed by atoms with Crippen LogP contribution in [0.2, 0.25) is 0 Å². The molecule has 0 bridgehead atoms. The molecule has 0 N–H and O–H groups in total. The van der Waals surface area contributed by atoms with Gasteiger partial charge >= 0.3 is 0 Å². The van der Waals surface area contributed by atoms with Crippen LogP contribution in [0.25, 0.3) is 11.3 Å². The Balaban J connectivity index is 0.00000210. The van der Waals surface area contributed by atoms with Crippen molar-refractivity contribution in [1.29, 1.82) is 0 Å². The summed E-state index contributed by atoms with van der Waals surface area (Å²) in [6.07, 6.45) is 13.4. The molecule has 0 atom stereocenters. The van der Waals surface area contributed by atoms with E-state index >= 15 is 0 Å². The van der Waals surface area contributed by atoms with E-state index in [0.29, 0.717) is 0 Å². The lowest BCUT2D eigenvalue weighted by Crippen LogP contribution is -2.32. The molecular weight excluding hydrogens is 358 g/mol. The summed E-state index contributed by atoms with van der Waals surface area (Å²) in [4.78, 5) is 6.88. The quantitative estimate of drug-likeness (QED) is 0.614. The van der Waals surface area contributed by atoms with Crippen LogP contribution in [-0.4, -0.2) is 43.9 Å². The fourth-order valence-corrected chi connectivity index (χ4v) is 3.89. The van der Waals surface area contributed by atoms with Gasteiger partial charge in [-0.2, -0.15) is 5.10 Å². The van der Waals surface area contributed by atoms with E-state index in [1.807, 2.05) is 29.5 Å². The molecule has 0 amide bonds. The fraction of sp³-hybridized carbons (Fsp3) is 0.429. The predicted octanol–water partition coefficient (Wildman–Crippen LogP) is 4.09. The van der Waals surface area contributed by atoms with Crippen molar-refractivity contribution in [3.63, 3.8) is 0 Å². The molecule has 6 heteroatoms. The second kappa shape index (κ2) is 9.20. The molecule has 5 nitrogen and oxygen atoms in total. The zero-order valence-electron chi connectivity index (χ0n) is 15.9. The standard InChI is InChI=1S/C21H27N5.ClH/c1-24(20-9-5-6-10-20)11-12-25-17-22-14-21(25)19-13-23-26(16-19)15-18-7-3-2-4-8-18;/h2-4,7-8,13-14,16-17,20H,5-6,9-12,15H2,1H3;1H. The van der Waals surface area contributed by atoms with Gasteiger partial charge in [0.2, 0.25) is 0 Å². The van der Waals surface area contributed by atoms with Crippen molar-refractivity contribution in [3.8, 4) is 11.3 Å². The van der Waals surface area contributed by atoms with Crippen molar-refractivity contribution in [2.24, 2.45) is 0 Å². The second-order valence-corrected chi connectivity index (χ2v) is 7.30. The third kappa shape index (κ3) is 4.79. The number of aromatic nitrogens is 4. The Kier molecular flexibility index (Phi) is 6.69. The SMILES string of the molecule is CN(CCn1cncc1-c1cnn(Cc2ccccc2)c1)C1CCCC1.Cl. The molecule has 1 saturated carbocycles. The van der Waals surface area contributed by atoms with Gasteiger partial charge in [-0.1, -0.05) is 43.2 Å². The van der Waals surface area contributed by atoms with Gasteiger partial charge in [0, 0.05) is 30.9 Å². The Labute approximate surface area is 167 Å². The smallest absolute Gasteiger partial charge is 0.0951 e. The number of nitrogens with zero attached hydrogens (tertiary/aromatic N) is 5. The molecule has 0 spiro atoms. The van der Waals surface area contributed by atoms with Crippen molar-refractivity contribution in [3.05, 3.63) is 60.8 Å². The molecular formula is C21H28ClN5. The minimum atomic E-state index is 0. The maximum absolute atomic E-state index is 4.53. The lowest BCUT2D eigenvalue weighted by molar-refractivity contribution is 0.237. The molecule has 27 heavy (non-hydrogen) atoms. The van der Waals surface area contributed by atoms with Crippen molar-refractivity contribution >= 4 is 12.4 Å². The molecule has 1 aliphatic carbocycles. The first-order valence-corrected chi connectivity index (χ1v) is 9.57. The van der Waals surface area contributed by atoms with Crippen molar-refractivity contribution in [1.82, 2.24) is 24.2 Å². The summed E-state index contributed by atoms with van der Waals surface area (Å²) in [5, 5.41) is 4.53. The maximum Gasteiger partial charge on any atom is 0.0951 e. The number of imidazole rings is 1. The highest BCUT2D eigenvalue weighted by molar-refractivity contribution is 5.85. The molecule has 3 aromatic rings. The van der Waals surface area contributed by atoms with Gasteiger partial charge in [-0.15, -0.1) is 12.4 Å². The Hall–Kier alpha value is -2.11. The summed E-state index contributed by atoms with van der Waals surface area (Å²) >= 11 is 0. The normalized spacial score (nSPS) is 14.6. The molecule has 0 radical (unpaired) electrons. The molecule has 1 aromatic carbocycles. The van der Waals surface area contributed by atoms with Crippen LogP contribution in [0.4, 0.5) is 0 Å².